The van der Waals surface area contributed by atoms with Gasteiger partial charge in [-0.05, 0) is 12.1 Å². The Labute approximate surface area is 115 Å². The summed E-state index contributed by atoms with van der Waals surface area (Å²) in [5.41, 5.74) is 0.236. The molecule has 0 aliphatic carbocycles. The van der Waals surface area contributed by atoms with Crippen LogP contribution in [-0.4, -0.2) is 33.2 Å². The fourth-order valence-electron chi connectivity index (χ4n) is 1.51. The largest absolute Gasteiger partial charge is 0.396 e. The van der Waals surface area contributed by atoms with Crippen LogP contribution in [0.15, 0.2) is 29.2 Å². The van der Waals surface area contributed by atoms with Crippen molar-refractivity contribution in [1.29, 1.82) is 0 Å². The molecule has 0 bridgehead atoms. The van der Waals surface area contributed by atoms with E-state index >= 15 is 0 Å². The van der Waals surface area contributed by atoms with Crippen LogP contribution >= 0.6 is 0 Å². The van der Waals surface area contributed by atoms with Crippen LogP contribution < -0.4 is 10.0 Å². The molecule has 6 heteroatoms. The molecular formula is C13H22N2O3S. The predicted octanol–water partition coefficient (Wildman–Crippen LogP) is 1.42. The van der Waals surface area contributed by atoms with E-state index in [0.717, 1.165) is 0 Å². The Hall–Kier alpha value is -1.11. The summed E-state index contributed by atoms with van der Waals surface area (Å²) < 4.78 is 26.6. The van der Waals surface area contributed by atoms with Crippen molar-refractivity contribution in [3.05, 3.63) is 24.3 Å². The first kappa shape index (κ1) is 15.9. The first-order chi connectivity index (χ1) is 8.82. The van der Waals surface area contributed by atoms with Gasteiger partial charge in [-0.25, -0.2) is 13.1 Å². The molecule has 1 aromatic rings. The minimum absolute atomic E-state index is 0.0299. The lowest BCUT2D eigenvalue weighted by Gasteiger charge is -2.23. The number of hydrogen-bond donors (Lipinski definition) is 3. The van der Waals surface area contributed by atoms with Crippen molar-refractivity contribution in [2.75, 3.05) is 25.0 Å². The van der Waals surface area contributed by atoms with Gasteiger partial charge in [-0.3, -0.25) is 0 Å². The van der Waals surface area contributed by atoms with Crippen LogP contribution in [-0.2, 0) is 10.0 Å². The Balaban J connectivity index is 2.97. The second-order valence-electron chi connectivity index (χ2n) is 5.17. The zero-order chi connectivity index (χ0) is 14.5. The van der Waals surface area contributed by atoms with E-state index in [1.165, 1.54) is 0 Å². The van der Waals surface area contributed by atoms with Crippen molar-refractivity contribution in [3.8, 4) is 0 Å². The predicted molar refractivity (Wildman–Crippen MR) is 76.7 cm³/mol. The lowest BCUT2D eigenvalue weighted by molar-refractivity contribution is 0.171. The minimum Gasteiger partial charge on any atom is -0.396 e. The van der Waals surface area contributed by atoms with Crippen LogP contribution in [0, 0.1) is 5.41 Å². The molecule has 0 amide bonds. The van der Waals surface area contributed by atoms with Crippen molar-refractivity contribution in [1.82, 2.24) is 4.72 Å². The molecule has 0 radical (unpaired) electrons. The van der Waals surface area contributed by atoms with Gasteiger partial charge >= 0.3 is 0 Å². The number of aliphatic hydroxyl groups is 1. The molecule has 1 aromatic carbocycles. The first-order valence-corrected chi connectivity index (χ1v) is 7.74. The van der Waals surface area contributed by atoms with E-state index in [9.17, 15) is 13.5 Å². The van der Waals surface area contributed by atoms with E-state index in [1.54, 1.807) is 31.2 Å². The molecule has 0 aliphatic heterocycles. The topological polar surface area (TPSA) is 78.4 Å². The average molecular weight is 286 g/mol. The molecule has 5 nitrogen and oxygen atoms in total. The zero-order valence-corrected chi connectivity index (χ0v) is 12.4. The monoisotopic (exact) mass is 286 g/mol. The molecule has 0 aliphatic rings. The molecule has 0 spiro atoms. The maximum absolute atomic E-state index is 12.0. The highest BCUT2D eigenvalue weighted by atomic mass is 32.2. The van der Waals surface area contributed by atoms with Crippen LogP contribution in [0.3, 0.4) is 0 Å². The summed E-state index contributed by atoms with van der Waals surface area (Å²) in [5, 5.41) is 12.3. The molecule has 3 N–H and O–H groups in total. The first-order valence-electron chi connectivity index (χ1n) is 6.26. The van der Waals surface area contributed by atoms with Crippen molar-refractivity contribution in [2.45, 2.75) is 25.7 Å². The van der Waals surface area contributed by atoms with Gasteiger partial charge in [0.05, 0.1) is 5.69 Å². The number of hydrogen-bond acceptors (Lipinski definition) is 4. The minimum atomic E-state index is -3.49. The van der Waals surface area contributed by atoms with Gasteiger partial charge in [0.2, 0.25) is 10.0 Å². The van der Waals surface area contributed by atoms with E-state index in [4.69, 9.17) is 0 Å². The van der Waals surface area contributed by atoms with Gasteiger partial charge in [-0.15, -0.1) is 0 Å². The molecule has 0 unspecified atom stereocenters. The van der Waals surface area contributed by atoms with Crippen molar-refractivity contribution in [3.63, 3.8) is 0 Å². The molecule has 1 rings (SSSR count). The van der Waals surface area contributed by atoms with Crippen LogP contribution in [0.2, 0.25) is 0 Å². The van der Waals surface area contributed by atoms with Gasteiger partial charge in [-0.2, -0.15) is 0 Å². The molecule has 0 fully saturated rings. The lowest BCUT2D eigenvalue weighted by atomic mass is 9.95. The number of aliphatic hydroxyl groups excluding tert-OH is 1. The third kappa shape index (κ3) is 4.49. The maximum atomic E-state index is 12.0. The summed E-state index contributed by atoms with van der Waals surface area (Å²) in [4.78, 5) is 0.227. The van der Waals surface area contributed by atoms with E-state index in [0.29, 0.717) is 18.8 Å². The van der Waals surface area contributed by atoms with E-state index in [1.807, 2.05) is 13.8 Å². The molecule has 108 valence electrons. The summed E-state index contributed by atoms with van der Waals surface area (Å²) in [6, 6.07) is 6.75. The van der Waals surface area contributed by atoms with Gasteiger partial charge in [0, 0.05) is 25.1 Å². The number of anilines is 1. The fourth-order valence-corrected chi connectivity index (χ4v) is 2.73. The zero-order valence-electron chi connectivity index (χ0n) is 11.6. The SMILES string of the molecule is CCNS(=O)(=O)c1ccccc1NCC(C)(C)CO. The Morgan fingerprint density at radius 1 is 1.26 bits per heavy atom. The quantitative estimate of drug-likeness (QED) is 0.708. The van der Waals surface area contributed by atoms with E-state index < -0.39 is 10.0 Å². The fraction of sp³-hybridized carbons (Fsp3) is 0.538. The molecule has 19 heavy (non-hydrogen) atoms. The highest BCUT2D eigenvalue weighted by Gasteiger charge is 2.20. The van der Waals surface area contributed by atoms with Crippen LogP contribution in [0.1, 0.15) is 20.8 Å². The molecular weight excluding hydrogens is 264 g/mol. The van der Waals surface area contributed by atoms with Crippen molar-refractivity contribution >= 4 is 15.7 Å². The van der Waals surface area contributed by atoms with Gasteiger partial charge in [-0.1, -0.05) is 32.9 Å². The average Bonchev–Trinajstić information content (AvgIpc) is 2.37. The summed E-state index contributed by atoms with van der Waals surface area (Å²) >= 11 is 0. The van der Waals surface area contributed by atoms with Gasteiger partial charge in [0.15, 0.2) is 0 Å². The number of benzene rings is 1. The van der Waals surface area contributed by atoms with Crippen molar-refractivity contribution < 1.29 is 13.5 Å². The normalized spacial score (nSPS) is 12.4. The Bertz CT molecular complexity index is 512. The summed E-state index contributed by atoms with van der Waals surface area (Å²) in [6.07, 6.45) is 0. The van der Waals surface area contributed by atoms with Crippen LogP contribution in [0.5, 0.6) is 0 Å². The third-order valence-corrected chi connectivity index (χ3v) is 4.30. The Morgan fingerprint density at radius 3 is 2.47 bits per heavy atom. The van der Waals surface area contributed by atoms with Gasteiger partial charge < -0.3 is 10.4 Å². The lowest BCUT2D eigenvalue weighted by Crippen LogP contribution is -2.28. The molecule has 0 aromatic heterocycles. The summed E-state index contributed by atoms with van der Waals surface area (Å²) in [6.45, 7) is 6.41. The molecule has 0 saturated heterocycles. The van der Waals surface area contributed by atoms with Crippen LogP contribution in [0.25, 0.3) is 0 Å². The van der Waals surface area contributed by atoms with E-state index in [2.05, 4.69) is 10.0 Å². The summed E-state index contributed by atoms with van der Waals surface area (Å²) in [7, 11) is -3.49. The summed E-state index contributed by atoms with van der Waals surface area (Å²) in [5.74, 6) is 0. The van der Waals surface area contributed by atoms with Crippen LogP contribution in [0.4, 0.5) is 5.69 Å². The van der Waals surface area contributed by atoms with E-state index in [-0.39, 0.29) is 16.9 Å². The number of para-hydroxylation sites is 1. The highest BCUT2D eigenvalue weighted by Crippen LogP contribution is 2.22. The third-order valence-electron chi connectivity index (χ3n) is 2.70. The number of nitrogens with one attached hydrogen (secondary N) is 2. The Kier molecular flexibility index (Phi) is 5.34. The molecule has 0 atom stereocenters. The molecule has 0 saturated carbocycles. The smallest absolute Gasteiger partial charge is 0.242 e. The van der Waals surface area contributed by atoms with Gasteiger partial charge in [0.25, 0.3) is 0 Å². The number of sulfonamides is 1. The second kappa shape index (κ2) is 6.36. The second-order valence-corrected chi connectivity index (χ2v) is 6.91. The Morgan fingerprint density at radius 2 is 1.89 bits per heavy atom. The molecule has 0 heterocycles. The standard InChI is InChI=1S/C13H22N2O3S/c1-4-15-19(17,18)12-8-6-5-7-11(12)14-9-13(2,3)10-16/h5-8,14-16H,4,9-10H2,1-3H3. The van der Waals surface area contributed by atoms with Crippen molar-refractivity contribution in [2.24, 2.45) is 5.41 Å². The highest BCUT2D eigenvalue weighted by molar-refractivity contribution is 7.89. The number of rotatable bonds is 7. The van der Waals surface area contributed by atoms with Gasteiger partial charge in [0.1, 0.15) is 4.90 Å². The maximum Gasteiger partial charge on any atom is 0.242 e.